The fourth-order valence-corrected chi connectivity index (χ4v) is 6.02. The fourth-order valence-electron chi connectivity index (χ4n) is 4.13. The lowest BCUT2D eigenvalue weighted by atomic mass is 9.99. The summed E-state index contributed by atoms with van der Waals surface area (Å²) in [6, 6.07) is 4.81. The lowest BCUT2D eigenvalue weighted by Crippen LogP contribution is -2.53. The molecule has 0 aromatic heterocycles. The summed E-state index contributed by atoms with van der Waals surface area (Å²) in [6.45, 7) is 3.63. The minimum absolute atomic E-state index is 0.0460. The van der Waals surface area contributed by atoms with Gasteiger partial charge in [-0.3, -0.25) is 4.79 Å². The van der Waals surface area contributed by atoms with Crippen LogP contribution in [0.2, 0.25) is 5.02 Å². The van der Waals surface area contributed by atoms with Gasteiger partial charge < -0.3 is 14.4 Å². The number of benzene rings is 1. The third kappa shape index (κ3) is 4.45. The van der Waals surface area contributed by atoms with Crippen molar-refractivity contribution in [2.75, 3.05) is 33.4 Å². The first-order valence-electron chi connectivity index (χ1n) is 9.55. The van der Waals surface area contributed by atoms with Crippen molar-refractivity contribution >= 4 is 27.5 Å². The Kier molecular flexibility index (Phi) is 6.85. The number of ether oxygens (including phenoxy) is 2. The van der Waals surface area contributed by atoms with Crippen LogP contribution in [0.25, 0.3) is 0 Å². The monoisotopic (exact) mass is 430 g/mol. The standard InChI is InChI=1S/C19H27ClN2O5S/c1-14(23)22(17-7-11-27-12-8-17)16-5-9-21(10-6-16)28(24,25)19-13-15(20)3-4-18(19)26-2/h3-4,13,16-17H,5-12H2,1-2H3. The summed E-state index contributed by atoms with van der Waals surface area (Å²) >= 11 is 6.01. The highest BCUT2D eigenvalue weighted by atomic mass is 35.5. The number of methoxy groups -OCH3 is 1. The molecular formula is C19H27ClN2O5S. The van der Waals surface area contributed by atoms with Crippen LogP contribution in [0.3, 0.4) is 0 Å². The van der Waals surface area contributed by atoms with Crippen LogP contribution in [0.5, 0.6) is 5.75 Å². The predicted molar refractivity (Wildman–Crippen MR) is 106 cm³/mol. The molecule has 2 heterocycles. The van der Waals surface area contributed by atoms with Gasteiger partial charge >= 0.3 is 0 Å². The average Bonchev–Trinajstić information content (AvgIpc) is 2.69. The molecule has 1 amide bonds. The Morgan fingerprint density at radius 3 is 2.36 bits per heavy atom. The van der Waals surface area contributed by atoms with E-state index in [-0.39, 0.29) is 28.6 Å². The highest BCUT2D eigenvalue weighted by Gasteiger charge is 2.36. The van der Waals surface area contributed by atoms with Gasteiger partial charge in [0.05, 0.1) is 7.11 Å². The molecule has 0 saturated carbocycles. The van der Waals surface area contributed by atoms with Crippen molar-refractivity contribution in [2.45, 2.75) is 49.6 Å². The molecule has 2 fully saturated rings. The Hall–Kier alpha value is -1.35. The number of hydrogen-bond acceptors (Lipinski definition) is 5. The van der Waals surface area contributed by atoms with Crippen LogP contribution >= 0.6 is 11.6 Å². The first-order valence-corrected chi connectivity index (χ1v) is 11.4. The number of halogens is 1. The molecule has 0 unspecified atom stereocenters. The van der Waals surface area contributed by atoms with Crippen LogP contribution in [0, 0.1) is 0 Å². The molecule has 0 N–H and O–H groups in total. The summed E-state index contributed by atoms with van der Waals surface area (Å²) < 4.78 is 38.3. The van der Waals surface area contributed by atoms with Gasteiger partial charge in [-0.15, -0.1) is 0 Å². The van der Waals surface area contributed by atoms with E-state index in [4.69, 9.17) is 21.1 Å². The summed E-state index contributed by atoms with van der Waals surface area (Å²) in [5.74, 6) is 0.323. The zero-order valence-electron chi connectivity index (χ0n) is 16.3. The zero-order valence-corrected chi connectivity index (χ0v) is 17.8. The Labute approximate surface area is 171 Å². The summed E-state index contributed by atoms with van der Waals surface area (Å²) in [5, 5.41) is 0.344. The van der Waals surface area contributed by atoms with Gasteiger partial charge in [-0.1, -0.05) is 11.6 Å². The van der Waals surface area contributed by atoms with Crippen molar-refractivity contribution < 1.29 is 22.7 Å². The van der Waals surface area contributed by atoms with Crippen LogP contribution in [-0.4, -0.2) is 69.0 Å². The second kappa shape index (κ2) is 8.98. The number of piperidine rings is 1. The minimum Gasteiger partial charge on any atom is -0.495 e. The van der Waals surface area contributed by atoms with Crippen molar-refractivity contribution in [3.05, 3.63) is 23.2 Å². The van der Waals surface area contributed by atoms with Gasteiger partial charge in [-0.05, 0) is 43.9 Å². The van der Waals surface area contributed by atoms with Gasteiger partial charge in [0.2, 0.25) is 15.9 Å². The maximum absolute atomic E-state index is 13.1. The number of sulfonamides is 1. The molecular weight excluding hydrogens is 404 g/mol. The first-order chi connectivity index (χ1) is 13.3. The summed E-state index contributed by atoms with van der Waals surface area (Å²) in [4.78, 5) is 14.3. The molecule has 156 valence electrons. The van der Waals surface area contributed by atoms with Crippen LogP contribution in [0.1, 0.15) is 32.6 Å². The molecule has 0 spiro atoms. The summed E-state index contributed by atoms with van der Waals surface area (Å²) in [5.41, 5.74) is 0. The molecule has 2 saturated heterocycles. The van der Waals surface area contributed by atoms with Crippen LogP contribution < -0.4 is 4.74 Å². The molecule has 3 rings (SSSR count). The lowest BCUT2D eigenvalue weighted by molar-refractivity contribution is -0.137. The van der Waals surface area contributed by atoms with Crippen molar-refractivity contribution in [1.29, 1.82) is 0 Å². The quantitative estimate of drug-likeness (QED) is 0.717. The summed E-state index contributed by atoms with van der Waals surface area (Å²) in [6.07, 6.45) is 2.88. The molecule has 0 radical (unpaired) electrons. The van der Waals surface area contributed by atoms with Gasteiger partial charge in [0.25, 0.3) is 0 Å². The van der Waals surface area contributed by atoms with E-state index >= 15 is 0 Å². The third-order valence-electron chi connectivity index (χ3n) is 5.51. The Balaban J connectivity index is 1.73. The fraction of sp³-hybridized carbons (Fsp3) is 0.632. The number of carbonyl (C=O) groups excluding carboxylic acids is 1. The van der Waals surface area contributed by atoms with Crippen molar-refractivity contribution in [3.63, 3.8) is 0 Å². The van der Waals surface area contributed by atoms with Gasteiger partial charge in [-0.25, -0.2) is 8.42 Å². The topological polar surface area (TPSA) is 76.2 Å². The molecule has 28 heavy (non-hydrogen) atoms. The van der Waals surface area contributed by atoms with Crippen molar-refractivity contribution in [1.82, 2.24) is 9.21 Å². The van der Waals surface area contributed by atoms with E-state index in [1.54, 1.807) is 19.1 Å². The number of rotatable bonds is 5. The molecule has 9 heteroatoms. The van der Waals surface area contributed by atoms with E-state index in [2.05, 4.69) is 0 Å². The minimum atomic E-state index is -3.72. The molecule has 2 aliphatic heterocycles. The van der Waals surface area contributed by atoms with Gasteiger partial charge in [-0.2, -0.15) is 4.31 Å². The summed E-state index contributed by atoms with van der Waals surface area (Å²) in [7, 11) is -2.28. The SMILES string of the molecule is COc1ccc(Cl)cc1S(=O)(=O)N1CCC(N(C(C)=O)C2CCOCC2)CC1. The van der Waals surface area contributed by atoms with Crippen molar-refractivity contribution in [3.8, 4) is 5.75 Å². The smallest absolute Gasteiger partial charge is 0.246 e. The van der Waals surface area contributed by atoms with E-state index in [0.717, 1.165) is 12.8 Å². The van der Waals surface area contributed by atoms with Crippen LogP contribution in [0.4, 0.5) is 0 Å². The maximum atomic E-state index is 13.1. The molecule has 0 aliphatic carbocycles. The molecule has 1 aromatic carbocycles. The second-order valence-corrected chi connectivity index (χ2v) is 9.54. The average molecular weight is 431 g/mol. The largest absolute Gasteiger partial charge is 0.495 e. The third-order valence-corrected chi connectivity index (χ3v) is 7.66. The molecule has 2 aliphatic rings. The van der Waals surface area contributed by atoms with Crippen LogP contribution in [-0.2, 0) is 19.6 Å². The lowest BCUT2D eigenvalue weighted by Gasteiger charge is -2.43. The maximum Gasteiger partial charge on any atom is 0.246 e. The Morgan fingerprint density at radius 2 is 1.79 bits per heavy atom. The number of amides is 1. The molecule has 7 nitrogen and oxygen atoms in total. The van der Waals surface area contributed by atoms with E-state index < -0.39 is 10.0 Å². The van der Waals surface area contributed by atoms with E-state index in [0.29, 0.717) is 44.2 Å². The Bertz CT molecular complexity index is 803. The highest BCUT2D eigenvalue weighted by Crippen LogP contribution is 2.32. The second-order valence-electron chi connectivity index (χ2n) is 7.20. The van der Waals surface area contributed by atoms with Gasteiger partial charge in [0.15, 0.2) is 0 Å². The number of carbonyl (C=O) groups is 1. The van der Waals surface area contributed by atoms with E-state index in [9.17, 15) is 13.2 Å². The number of nitrogens with zero attached hydrogens (tertiary/aromatic N) is 2. The van der Waals surface area contributed by atoms with E-state index in [1.807, 2.05) is 4.90 Å². The highest BCUT2D eigenvalue weighted by molar-refractivity contribution is 7.89. The van der Waals surface area contributed by atoms with Gasteiger partial charge in [0, 0.05) is 50.3 Å². The Morgan fingerprint density at radius 1 is 1.18 bits per heavy atom. The number of hydrogen-bond donors (Lipinski definition) is 0. The first kappa shape index (κ1) is 21.4. The zero-order chi connectivity index (χ0) is 20.3. The van der Waals surface area contributed by atoms with E-state index in [1.165, 1.54) is 17.5 Å². The molecule has 1 aromatic rings. The predicted octanol–water partition coefficient (Wildman–Crippen LogP) is 2.53. The normalized spacial score (nSPS) is 20.1. The van der Waals surface area contributed by atoms with Gasteiger partial charge in [0.1, 0.15) is 10.6 Å². The molecule has 0 bridgehead atoms. The van der Waals surface area contributed by atoms with Crippen LogP contribution in [0.15, 0.2) is 23.1 Å². The molecule has 0 atom stereocenters. The van der Waals surface area contributed by atoms with Crippen molar-refractivity contribution in [2.24, 2.45) is 0 Å².